The summed E-state index contributed by atoms with van der Waals surface area (Å²) < 4.78 is 1.76. The van der Waals surface area contributed by atoms with Gasteiger partial charge in [-0.25, -0.2) is 4.68 Å². The van der Waals surface area contributed by atoms with Crippen molar-refractivity contribution < 1.29 is 4.79 Å². The Morgan fingerprint density at radius 3 is 2.65 bits per heavy atom. The van der Waals surface area contributed by atoms with Gasteiger partial charge in [-0.15, -0.1) is 0 Å². The lowest BCUT2D eigenvalue weighted by molar-refractivity contribution is -0.111. The van der Waals surface area contributed by atoms with Gasteiger partial charge in [0, 0.05) is 44.3 Å². The largest absolute Gasteiger partial charge is 0.378 e. The maximum Gasteiger partial charge on any atom is 0.249 e. The molecule has 0 fully saturated rings. The summed E-state index contributed by atoms with van der Waals surface area (Å²) in [7, 11) is 4.02. The zero-order valence-electron chi connectivity index (χ0n) is 14.8. The lowest BCUT2D eigenvalue weighted by atomic mass is 10.2. The molecule has 3 rings (SSSR count). The van der Waals surface area contributed by atoms with Gasteiger partial charge < -0.3 is 10.2 Å². The number of nitrogens with one attached hydrogen (secondary N) is 1. The number of amides is 1. The Labute approximate surface area is 152 Å². The molecule has 0 bridgehead atoms. The van der Waals surface area contributed by atoms with Gasteiger partial charge in [-0.2, -0.15) is 5.10 Å². The molecule has 0 aliphatic carbocycles. The third kappa shape index (κ3) is 4.57. The second-order valence-corrected chi connectivity index (χ2v) is 6.04. The fraction of sp³-hybridized carbons (Fsp3) is 0.150. The molecule has 2 heterocycles. The minimum Gasteiger partial charge on any atom is -0.378 e. The van der Waals surface area contributed by atoms with E-state index in [-0.39, 0.29) is 5.91 Å². The van der Waals surface area contributed by atoms with E-state index in [0.29, 0.717) is 12.4 Å². The smallest absolute Gasteiger partial charge is 0.249 e. The first-order valence-corrected chi connectivity index (χ1v) is 8.29. The molecule has 6 heteroatoms. The summed E-state index contributed by atoms with van der Waals surface area (Å²) in [5.74, 6) is 0.445. The van der Waals surface area contributed by atoms with Crippen molar-refractivity contribution in [1.29, 1.82) is 0 Å². The van der Waals surface area contributed by atoms with Crippen LogP contribution in [0.1, 0.15) is 11.1 Å². The highest BCUT2D eigenvalue weighted by atomic mass is 16.1. The van der Waals surface area contributed by atoms with Crippen LogP contribution >= 0.6 is 0 Å². The third-order valence-corrected chi connectivity index (χ3v) is 3.86. The van der Waals surface area contributed by atoms with Gasteiger partial charge in [0.2, 0.25) is 5.91 Å². The van der Waals surface area contributed by atoms with Crippen LogP contribution in [0.3, 0.4) is 0 Å². The average Bonchev–Trinajstić information content (AvgIpc) is 3.08. The quantitative estimate of drug-likeness (QED) is 0.696. The predicted molar refractivity (Wildman–Crippen MR) is 104 cm³/mol. The molecule has 0 aliphatic heterocycles. The van der Waals surface area contributed by atoms with Crippen molar-refractivity contribution in [2.24, 2.45) is 0 Å². The molecule has 0 atom stereocenters. The van der Waals surface area contributed by atoms with Crippen molar-refractivity contribution >= 4 is 23.5 Å². The number of nitrogens with zero attached hydrogens (tertiary/aromatic N) is 4. The van der Waals surface area contributed by atoms with E-state index in [1.165, 1.54) is 6.08 Å². The Morgan fingerprint density at radius 1 is 1.15 bits per heavy atom. The molecule has 1 N–H and O–H groups in total. The maximum absolute atomic E-state index is 12.1. The number of hydrogen-bond donors (Lipinski definition) is 1. The molecule has 0 unspecified atom stereocenters. The van der Waals surface area contributed by atoms with E-state index in [1.54, 1.807) is 35.4 Å². The van der Waals surface area contributed by atoms with Crippen molar-refractivity contribution in [3.05, 3.63) is 78.3 Å². The topological polar surface area (TPSA) is 63.1 Å². The van der Waals surface area contributed by atoms with Crippen molar-refractivity contribution in [3.63, 3.8) is 0 Å². The fourth-order valence-corrected chi connectivity index (χ4v) is 2.45. The second kappa shape index (κ2) is 8.11. The van der Waals surface area contributed by atoms with E-state index in [0.717, 1.165) is 16.8 Å². The molecule has 0 aliphatic rings. The Kier molecular flexibility index (Phi) is 5.43. The van der Waals surface area contributed by atoms with Crippen LogP contribution in [0.5, 0.6) is 0 Å². The molecule has 2 aromatic heterocycles. The Bertz CT molecular complexity index is 882. The summed E-state index contributed by atoms with van der Waals surface area (Å²) in [4.78, 5) is 18.2. The van der Waals surface area contributed by atoms with Crippen LogP contribution in [0.25, 0.3) is 6.08 Å². The predicted octanol–water partition coefficient (Wildman–Crippen LogP) is 3.04. The lowest BCUT2D eigenvalue weighted by Crippen LogP contribution is -2.14. The van der Waals surface area contributed by atoms with Gasteiger partial charge in [0.05, 0.1) is 12.7 Å². The average molecular weight is 347 g/mol. The molecule has 0 radical (unpaired) electrons. The van der Waals surface area contributed by atoms with Gasteiger partial charge >= 0.3 is 0 Å². The van der Waals surface area contributed by atoms with Gasteiger partial charge in [0.15, 0.2) is 0 Å². The number of rotatable bonds is 6. The summed E-state index contributed by atoms with van der Waals surface area (Å²) in [6.45, 7) is 0.586. The summed E-state index contributed by atoms with van der Waals surface area (Å²) >= 11 is 0. The molecule has 1 aromatic carbocycles. The van der Waals surface area contributed by atoms with Crippen molar-refractivity contribution in [3.8, 4) is 0 Å². The lowest BCUT2D eigenvalue weighted by Gasteiger charge is -2.13. The Balaban J connectivity index is 1.64. The van der Waals surface area contributed by atoms with E-state index >= 15 is 0 Å². The number of anilines is 2. The molecule has 0 saturated heterocycles. The number of pyridine rings is 1. The zero-order valence-corrected chi connectivity index (χ0v) is 14.8. The van der Waals surface area contributed by atoms with Crippen LogP contribution in [-0.2, 0) is 11.3 Å². The second-order valence-electron chi connectivity index (χ2n) is 6.04. The molecule has 0 spiro atoms. The number of hydrogen-bond acceptors (Lipinski definition) is 4. The zero-order chi connectivity index (χ0) is 18.4. The first-order chi connectivity index (χ1) is 12.6. The molecule has 3 aromatic rings. The van der Waals surface area contributed by atoms with Crippen molar-refractivity contribution in [1.82, 2.24) is 14.8 Å². The molecule has 0 saturated carbocycles. The monoisotopic (exact) mass is 347 g/mol. The normalized spacial score (nSPS) is 10.8. The van der Waals surface area contributed by atoms with Crippen LogP contribution in [0, 0.1) is 0 Å². The van der Waals surface area contributed by atoms with Crippen LogP contribution < -0.4 is 10.2 Å². The van der Waals surface area contributed by atoms with E-state index in [1.807, 2.05) is 26.2 Å². The molecule has 6 nitrogen and oxygen atoms in total. The van der Waals surface area contributed by atoms with Crippen LogP contribution in [0.15, 0.2) is 67.1 Å². The van der Waals surface area contributed by atoms with E-state index in [9.17, 15) is 4.79 Å². The molecular weight excluding hydrogens is 326 g/mol. The minimum absolute atomic E-state index is 0.210. The first kappa shape index (κ1) is 17.4. The number of aromatic nitrogens is 3. The van der Waals surface area contributed by atoms with E-state index in [2.05, 4.69) is 44.6 Å². The SMILES string of the molecule is CN(C)c1ccc(Cn2nccc2NC(=O)/C=C/c2cccnc2)cc1. The molecule has 26 heavy (non-hydrogen) atoms. The molecular formula is C20H21N5O. The summed E-state index contributed by atoms with van der Waals surface area (Å²) in [6.07, 6.45) is 8.28. The highest BCUT2D eigenvalue weighted by molar-refractivity contribution is 6.01. The number of carbonyl (C=O) groups is 1. The fourth-order valence-electron chi connectivity index (χ4n) is 2.45. The van der Waals surface area contributed by atoms with Crippen molar-refractivity contribution in [2.75, 3.05) is 24.3 Å². The summed E-state index contributed by atoms with van der Waals surface area (Å²) in [5, 5.41) is 7.15. The maximum atomic E-state index is 12.1. The van der Waals surface area contributed by atoms with Gasteiger partial charge in [0.25, 0.3) is 0 Å². The van der Waals surface area contributed by atoms with Crippen LogP contribution in [0.2, 0.25) is 0 Å². The highest BCUT2D eigenvalue weighted by Crippen LogP contribution is 2.15. The first-order valence-electron chi connectivity index (χ1n) is 8.29. The standard InChI is InChI=1S/C20H21N5O/c1-24(2)18-8-5-17(6-9-18)15-25-19(11-13-22-25)23-20(26)10-7-16-4-3-12-21-14-16/h3-14H,15H2,1-2H3,(H,23,26)/b10-7+. The minimum atomic E-state index is -0.210. The van der Waals surface area contributed by atoms with Crippen LogP contribution in [-0.4, -0.2) is 34.8 Å². The van der Waals surface area contributed by atoms with Crippen LogP contribution in [0.4, 0.5) is 11.5 Å². The van der Waals surface area contributed by atoms with Gasteiger partial charge in [-0.05, 0) is 35.4 Å². The highest BCUT2D eigenvalue weighted by Gasteiger charge is 2.06. The van der Waals surface area contributed by atoms with Crippen molar-refractivity contribution in [2.45, 2.75) is 6.54 Å². The number of carbonyl (C=O) groups excluding carboxylic acids is 1. The Morgan fingerprint density at radius 2 is 1.96 bits per heavy atom. The van der Waals surface area contributed by atoms with E-state index in [4.69, 9.17) is 0 Å². The van der Waals surface area contributed by atoms with Gasteiger partial charge in [-0.1, -0.05) is 18.2 Å². The van der Waals surface area contributed by atoms with Gasteiger partial charge in [0.1, 0.15) is 5.82 Å². The molecule has 1 amide bonds. The summed E-state index contributed by atoms with van der Waals surface area (Å²) in [5.41, 5.74) is 3.13. The summed E-state index contributed by atoms with van der Waals surface area (Å²) in [6, 6.07) is 13.7. The van der Waals surface area contributed by atoms with E-state index < -0.39 is 0 Å². The number of benzene rings is 1. The Hall–Kier alpha value is -3.41. The molecule has 132 valence electrons. The third-order valence-electron chi connectivity index (χ3n) is 3.86. The van der Waals surface area contributed by atoms with Gasteiger partial charge in [-0.3, -0.25) is 9.78 Å².